The van der Waals surface area contributed by atoms with Gasteiger partial charge in [-0.2, -0.15) is 0 Å². The molecule has 0 bridgehead atoms. The van der Waals surface area contributed by atoms with Crippen molar-refractivity contribution in [2.24, 2.45) is 0 Å². The van der Waals surface area contributed by atoms with Crippen LogP contribution in [0.5, 0.6) is 0 Å². The maximum Gasteiger partial charge on any atom is 0.243 e. The van der Waals surface area contributed by atoms with Gasteiger partial charge in [0.15, 0.2) is 5.78 Å². The molecule has 3 rings (SSSR count). The average molecular weight is 338 g/mol. The van der Waals surface area contributed by atoms with Gasteiger partial charge in [0.25, 0.3) is 0 Å². The second-order valence-corrected chi connectivity index (χ2v) is 6.07. The van der Waals surface area contributed by atoms with Gasteiger partial charge in [-0.25, -0.2) is 4.98 Å². The number of hydrogen-bond donors (Lipinski definition) is 2. The van der Waals surface area contributed by atoms with Gasteiger partial charge in [0, 0.05) is 47.5 Å². The van der Waals surface area contributed by atoms with E-state index in [4.69, 9.17) is 0 Å². The van der Waals surface area contributed by atoms with Gasteiger partial charge in [-0.05, 0) is 19.4 Å². The van der Waals surface area contributed by atoms with Crippen LogP contribution in [0.3, 0.4) is 0 Å². The maximum atomic E-state index is 12.7. The van der Waals surface area contributed by atoms with Crippen LogP contribution in [-0.4, -0.2) is 32.8 Å². The van der Waals surface area contributed by atoms with E-state index < -0.39 is 0 Å². The molecule has 0 unspecified atom stereocenters. The predicted octanol–water partition coefficient (Wildman–Crippen LogP) is 2.88. The number of hydrogen-bond acceptors (Lipinski definition) is 3. The lowest BCUT2D eigenvalue weighted by Crippen LogP contribution is -2.33. The van der Waals surface area contributed by atoms with E-state index in [2.05, 4.69) is 15.3 Å². The van der Waals surface area contributed by atoms with Gasteiger partial charge in [0.2, 0.25) is 5.91 Å². The predicted molar refractivity (Wildman–Crippen MR) is 96.6 cm³/mol. The van der Waals surface area contributed by atoms with Gasteiger partial charge in [-0.1, -0.05) is 25.1 Å². The van der Waals surface area contributed by atoms with Gasteiger partial charge in [0.1, 0.15) is 6.04 Å². The lowest BCUT2D eigenvalue weighted by atomic mass is 10.1. The highest BCUT2D eigenvalue weighted by Crippen LogP contribution is 2.26. The Labute approximate surface area is 146 Å². The number of carbonyl (C=O) groups excluding carboxylic acids is 2. The van der Waals surface area contributed by atoms with E-state index in [-0.39, 0.29) is 17.7 Å². The number of nitrogens with zero attached hydrogens (tertiary/aromatic N) is 2. The zero-order valence-corrected chi connectivity index (χ0v) is 14.5. The molecule has 25 heavy (non-hydrogen) atoms. The third-order valence-corrected chi connectivity index (χ3v) is 4.39. The zero-order chi connectivity index (χ0) is 17.8. The Balaban J connectivity index is 1.81. The molecule has 2 N–H and O–H groups in total. The van der Waals surface area contributed by atoms with E-state index in [1.807, 2.05) is 35.8 Å². The molecule has 1 amide bonds. The smallest absolute Gasteiger partial charge is 0.243 e. The molecule has 0 saturated carbocycles. The number of H-pyrrole nitrogens is 1. The normalized spacial score (nSPS) is 12.2. The quantitative estimate of drug-likeness (QED) is 0.650. The number of fused-ring (bicyclic) bond motifs is 1. The van der Waals surface area contributed by atoms with Crippen LogP contribution in [0.1, 0.15) is 42.4 Å². The van der Waals surface area contributed by atoms with Gasteiger partial charge in [-0.3, -0.25) is 9.59 Å². The maximum absolute atomic E-state index is 12.7. The Hall–Kier alpha value is -2.89. The van der Waals surface area contributed by atoms with Crippen LogP contribution >= 0.6 is 0 Å². The molecular formula is C19H22N4O2. The highest BCUT2D eigenvalue weighted by molar-refractivity contribution is 6.07. The Morgan fingerprint density at radius 1 is 1.32 bits per heavy atom. The van der Waals surface area contributed by atoms with Crippen molar-refractivity contribution in [3.05, 3.63) is 54.2 Å². The molecule has 0 aliphatic carbocycles. The van der Waals surface area contributed by atoms with Crippen molar-refractivity contribution in [1.29, 1.82) is 0 Å². The third kappa shape index (κ3) is 3.47. The van der Waals surface area contributed by atoms with Gasteiger partial charge >= 0.3 is 0 Å². The third-order valence-electron chi connectivity index (χ3n) is 4.39. The molecule has 1 atom stereocenters. The van der Waals surface area contributed by atoms with Crippen molar-refractivity contribution in [3.63, 3.8) is 0 Å². The number of ketones is 1. The molecule has 0 fully saturated rings. The molecule has 130 valence electrons. The monoisotopic (exact) mass is 338 g/mol. The topological polar surface area (TPSA) is 79.8 Å². The summed E-state index contributed by atoms with van der Waals surface area (Å²) in [5.74, 6) is -0.0395. The summed E-state index contributed by atoms with van der Waals surface area (Å²) >= 11 is 0. The highest BCUT2D eigenvalue weighted by Gasteiger charge is 2.22. The molecule has 0 saturated heterocycles. The fourth-order valence-electron chi connectivity index (χ4n) is 3.11. The molecule has 1 aromatic carbocycles. The molecule has 2 heterocycles. The van der Waals surface area contributed by atoms with E-state index in [1.54, 1.807) is 25.6 Å². The van der Waals surface area contributed by atoms with Crippen LogP contribution in [0.15, 0.2) is 43.0 Å². The number of para-hydroxylation sites is 1. The number of rotatable bonds is 7. The first-order valence-electron chi connectivity index (χ1n) is 8.47. The van der Waals surface area contributed by atoms with E-state index in [0.717, 1.165) is 16.6 Å². The Kier molecular flexibility index (Phi) is 4.97. The number of carbonyl (C=O) groups is 2. The summed E-state index contributed by atoms with van der Waals surface area (Å²) in [6.07, 6.45) is 6.53. The second-order valence-electron chi connectivity index (χ2n) is 6.07. The number of amides is 1. The van der Waals surface area contributed by atoms with E-state index in [9.17, 15) is 9.59 Å². The summed E-state index contributed by atoms with van der Waals surface area (Å²) in [7, 11) is 0. The van der Waals surface area contributed by atoms with Crippen molar-refractivity contribution >= 4 is 22.6 Å². The largest absolute Gasteiger partial charge is 0.354 e. The van der Waals surface area contributed by atoms with Crippen LogP contribution in [0.4, 0.5) is 0 Å². The van der Waals surface area contributed by atoms with E-state index in [1.165, 1.54) is 0 Å². The molecule has 0 aliphatic heterocycles. The lowest BCUT2D eigenvalue weighted by Gasteiger charge is -2.18. The summed E-state index contributed by atoms with van der Waals surface area (Å²) in [6.45, 7) is 4.06. The van der Waals surface area contributed by atoms with Crippen LogP contribution in [0.2, 0.25) is 0 Å². The SMILES string of the molecule is CC[C@@H](C(=O)NCCc1cnc[nH]1)n1cc(C(C)=O)c2ccccc21. The molecule has 3 aromatic rings. The van der Waals surface area contributed by atoms with E-state index in [0.29, 0.717) is 24.9 Å². The van der Waals surface area contributed by atoms with Crippen molar-refractivity contribution in [3.8, 4) is 0 Å². The summed E-state index contributed by atoms with van der Waals surface area (Å²) < 4.78 is 1.91. The molecule has 0 spiro atoms. The summed E-state index contributed by atoms with van der Waals surface area (Å²) in [5, 5.41) is 3.87. The standard InChI is InChI=1S/C19H22N4O2/c1-3-17(19(25)21-9-8-14-10-20-12-22-14)23-11-16(13(2)24)15-6-4-5-7-18(15)23/h4-7,10-12,17H,3,8-9H2,1-2H3,(H,20,22)(H,21,25)/t17-/m0/s1. The average Bonchev–Trinajstić information content (AvgIpc) is 3.24. The van der Waals surface area contributed by atoms with Crippen LogP contribution in [0.25, 0.3) is 10.9 Å². The Morgan fingerprint density at radius 3 is 2.80 bits per heavy atom. The molecule has 0 aliphatic rings. The fraction of sp³-hybridized carbons (Fsp3) is 0.316. The van der Waals surface area contributed by atoms with Crippen LogP contribution < -0.4 is 5.32 Å². The minimum Gasteiger partial charge on any atom is -0.354 e. The first-order valence-corrected chi connectivity index (χ1v) is 8.47. The van der Waals surface area contributed by atoms with Crippen molar-refractivity contribution < 1.29 is 9.59 Å². The fourth-order valence-corrected chi connectivity index (χ4v) is 3.11. The summed E-state index contributed by atoms with van der Waals surface area (Å²) in [5.41, 5.74) is 2.54. The Morgan fingerprint density at radius 2 is 2.12 bits per heavy atom. The molecule has 6 nitrogen and oxygen atoms in total. The number of aromatic nitrogens is 3. The minimum absolute atomic E-state index is 0.00413. The number of nitrogens with one attached hydrogen (secondary N) is 2. The number of Topliss-reactive ketones (excluding diaryl/α,β-unsaturated/α-hetero) is 1. The minimum atomic E-state index is -0.347. The van der Waals surface area contributed by atoms with Gasteiger partial charge < -0.3 is 14.9 Å². The summed E-state index contributed by atoms with van der Waals surface area (Å²) in [6, 6.07) is 7.35. The van der Waals surface area contributed by atoms with Gasteiger partial charge in [-0.15, -0.1) is 0 Å². The number of aromatic amines is 1. The highest BCUT2D eigenvalue weighted by atomic mass is 16.2. The summed E-state index contributed by atoms with van der Waals surface area (Å²) in [4.78, 5) is 31.6. The first kappa shape index (κ1) is 17.0. The van der Waals surface area contributed by atoms with Crippen molar-refractivity contribution in [1.82, 2.24) is 19.9 Å². The van der Waals surface area contributed by atoms with Crippen molar-refractivity contribution in [2.45, 2.75) is 32.7 Å². The van der Waals surface area contributed by atoms with Crippen LogP contribution in [-0.2, 0) is 11.2 Å². The molecule has 2 aromatic heterocycles. The lowest BCUT2D eigenvalue weighted by molar-refractivity contribution is -0.124. The van der Waals surface area contributed by atoms with Crippen LogP contribution in [0, 0.1) is 0 Å². The number of benzene rings is 1. The number of imidazole rings is 1. The molecule has 0 radical (unpaired) electrons. The Bertz CT molecular complexity index is 880. The first-order chi connectivity index (χ1) is 12.1. The molecular weight excluding hydrogens is 316 g/mol. The van der Waals surface area contributed by atoms with E-state index >= 15 is 0 Å². The molecule has 6 heteroatoms. The van der Waals surface area contributed by atoms with Crippen molar-refractivity contribution in [2.75, 3.05) is 6.54 Å². The van der Waals surface area contributed by atoms with Gasteiger partial charge in [0.05, 0.1) is 6.33 Å². The second kappa shape index (κ2) is 7.34. The zero-order valence-electron chi connectivity index (χ0n) is 14.5.